The van der Waals surface area contributed by atoms with Crippen molar-refractivity contribution in [3.63, 3.8) is 0 Å². The molecule has 4 aromatic rings. The zero-order chi connectivity index (χ0) is 20.9. The number of benzene rings is 2. The Labute approximate surface area is 176 Å². The summed E-state index contributed by atoms with van der Waals surface area (Å²) in [5.41, 5.74) is 5.65. The third-order valence-corrected chi connectivity index (χ3v) is 5.19. The second-order valence-corrected chi connectivity index (χ2v) is 7.31. The molecule has 152 valence electrons. The van der Waals surface area contributed by atoms with Crippen molar-refractivity contribution >= 4 is 5.91 Å². The van der Waals surface area contributed by atoms with Gasteiger partial charge in [-0.25, -0.2) is 4.68 Å². The first-order chi connectivity index (χ1) is 14.6. The maximum atomic E-state index is 12.8. The third-order valence-electron chi connectivity index (χ3n) is 5.19. The Morgan fingerprint density at radius 3 is 2.43 bits per heavy atom. The van der Waals surface area contributed by atoms with Crippen LogP contribution < -0.4 is 5.32 Å². The number of rotatable bonds is 7. The molecule has 0 aliphatic carbocycles. The van der Waals surface area contributed by atoms with Crippen molar-refractivity contribution in [1.82, 2.24) is 24.9 Å². The van der Waals surface area contributed by atoms with Crippen molar-refractivity contribution in [2.24, 2.45) is 0 Å². The van der Waals surface area contributed by atoms with Gasteiger partial charge < -0.3 is 5.32 Å². The number of amides is 1. The van der Waals surface area contributed by atoms with Crippen molar-refractivity contribution in [3.8, 4) is 5.69 Å². The van der Waals surface area contributed by atoms with E-state index in [0.717, 1.165) is 29.1 Å². The van der Waals surface area contributed by atoms with Crippen molar-refractivity contribution in [2.45, 2.75) is 26.8 Å². The highest BCUT2D eigenvalue weighted by Crippen LogP contribution is 2.15. The maximum absolute atomic E-state index is 12.8. The molecule has 2 aromatic carbocycles. The second-order valence-electron chi connectivity index (χ2n) is 7.31. The zero-order valence-electron chi connectivity index (χ0n) is 17.2. The number of carbonyl (C=O) groups excluding carboxylic acids is 1. The highest BCUT2D eigenvalue weighted by atomic mass is 16.1. The van der Waals surface area contributed by atoms with Crippen LogP contribution in [-0.2, 0) is 13.0 Å². The Morgan fingerprint density at radius 2 is 1.73 bits per heavy atom. The molecule has 0 radical (unpaired) electrons. The predicted molar refractivity (Wildman–Crippen MR) is 117 cm³/mol. The molecule has 0 aliphatic rings. The summed E-state index contributed by atoms with van der Waals surface area (Å²) in [5.74, 6) is -0.0718. The Bertz CT molecular complexity index is 1110. The summed E-state index contributed by atoms with van der Waals surface area (Å²) in [5, 5.41) is 11.8. The average Bonchev–Trinajstić information content (AvgIpc) is 3.38. The number of hydrogen-bond acceptors (Lipinski definition) is 3. The first kappa shape index (κ1) is 19.6. The first-order valence-electron chi connectivity index (χ1n) is 10.1. The van der Waals surface area contributed by atoms with E-state index in [1.165, 1.54) is 5.56 Å². The lowest BCUT2D eigenvalue weighted by Crippen LogP contribution is -2.26. The summed E-state index contributed by atoms with van der Waals surface area (Å²) in [6.45, 7) is 5.06. The lowest BCUT2D eigenvalue weighted by atomic mass is 10.1. The summed E-state index contributed by atoms with van der Waals surface area (Å²) in [4.78, 5) is 12.8. The third kappa shape index (κ3) is 4.33. The lowest BCUT2D eigenvalue weighted by Gasteiger charge is -2.08. The van der Waals surface area contributed by atoms with Gasteiger partial charge in [0, 0.05) is 24.6 Å². The van der Waals surface area contributed by atoms with Crippen molar-refractivity contribution in [3.05, 3.63) is 101 Å². The van der Waals surface area contributed by atoms with Crippen LogP contribution in [0.5, 0.6) is 0 Å². The molecule has 0 saturated heterocycles. The maximum Gasteiger partial charge on any atom is 0.255 e. The molecule has 0 atom stereocenters. The normalized spacial score (nSPS) is 10.9. The fraction of sp³-hybridized carbons (Fsp3) is 0.208. The molecule has 2 aromatic heterocycles. The van der Waals surface area contributed by atoms with E-state index in [1.54, 1.807) is 6.20 Å². The minimum atomic E-state index is -0.0718. The van der Waals surface area contributed by atoms with Gasteiger partial charge in [-0.15, -0.1) is 0 Å². The molecule has 1 N–H and O–H groups in total. The molecule has 0 spiro atoms. The zero-order valence-corrected chi connectivity index (χ0v) is 17.2. The number of nitrogens with zero attached hydrogens (tertiary/aromatic N) is 4. The molecule has 6 heteroatoms. The number of nitrogens with one attached hydrogen (secondary N) is 1. The SMILES string of the molecule is Cc1nn(Cc2ccccc2)c(C)c1C(=O)NCCc1ccc(-n2cccn2)cc1. The summed E-state index contributed by atoms with van der Waals surface area (Å²) >= 11 is 0. The van der Waals surface area contributed by atoms with E-state index in [4.69, 9.17) is 0 Å². The standard InChI is InChI=1S/C24H25N5O/c1-18-23(19(2)29(27-18)17-21-7-4-3-5-8-21)24(30)25-15-13-20-9-11-22(12-10-20)28-16-6-14-26-28/h3-12,14,16H,13,15,17H2,1-2H3,(H,25,30). The molecular weight excluding hydrogens is 374 g/mol. The van der Waals surface area contributed by atoms with Crippen LogP contribution in [0, 0.1) is 13.8 Å². The van der Waals surface area contributed by atoms with Gasteiger partial charge in [0.1, 0.15) is 0 Å². The van der Waals surface area contributed by atoms with Gasteiger partial charge in [-0.05, 0) is 49.6 Å². The first-order valence-corrected chi connectivity index (χ1v) is 10.1. The van der Waals surface area contributed by atoms with E-state index < -0.39 is 0 Å². The molecule has 0 bridgehead atoms. The molecule has 1 amide bonds. The largest absolute Gasteiger partial charge is 0.352 e. The molecule has 6 nitrogen and oxygen atoms in total. The van der Waals surface area contributed by atoms with Gasteiger partial charge in [-0.3, -0.25) is 9.48 Å². The van der Waals surface area contributed by atoms with Crippen LogP contribution in [0.2, 0.25) is 0 Å². The minimum Gasteiger partial charge on any atom is -0.352 e. The van der Waals surface area contributed by atoms with E-state index in [2.05, 4.69) is 39.8 Å². The number of carbonyl (C=O) groups is 1. The highest BCUT2D eigenvalue weighted by Gasteiger charge is 2.18. The van der Waals surface area contributed by atoms with Crippen LogP contribution >= 0.6 is 0 Å². The highest BCUT2D eigenvalue weighted by molar-refractivity contribution is 5.96. The molecular formula is C24H25N5O. The van der Waals surface area contributed by atoms with Crippen LogP contribution in [0.1, 0.15) is 32.9 Å². The van der Waals surface area contributed by atoms with Gasteiger partial charge in [-0.2, -0.15) is 10.2 Å². The summed E-state index contributed by atoms with van der Waals surface area (Å²) in [7, 11) is 0. The van der Waals surface area contributed by atoms with Gasteiger partial charge >= 0.3 is 0 Å². The van der Waals surface area contributed by atoms with E-state index >= 15 is 0 Å². The van der Waals surface area contributed by atoms with E-state index in [0.29, 0.717) is 18.7 Å². The molecule has 2 heterocycles. The molecule has 0 aliphatic heterocycles. The summed E-state index contributed by atoms with van der Waals surface area (Å²) < 4.78 is 3.72. The topological polar surface area (TPSA) is 64.7 Å². The Hall–Kier alpha value is -3.67. The Kier molecular flexibility index (Phi) is 5.75. The number of aryl methyl sites for hydroxylation is 1. The van der Waals surface area contributed by atoms with Crippen molar-refractivity contribution in [1.29, 1.82) is 0 Å². The van der Waals surface area contributed by atoms with Gasteiger partial charge in [0.15, 0.2) is 0 Å². The Balaban J connectivity index is 1.36. The van der Waals surface area contributed by atoms with Crippen LogP contribution in [0.15, 0.2) is 73.1 Å². The van der Waals surface area contributed by atoms with E-state index in [9.17, 15) is 4.79 Å². The molecule has 0 saturated carbocycles. The van der Waals surface area contributed by atoms with Crippen molar-refractivity contribution in [2.75, 3.05) is 6.54 Å². The molecule has 30 heavy (non-hydrogen) atoms. The van der Waals surface area contributed by atoms with Gasteiger partial charge in [0.25, 0.3) is 5.91 Å². The number of aromatic nitrogens is 4. The lowest BCUT2D eigenvalue weighted by molar-refractivity contribution is 0.0953. The van der Waals surface area contributed by atoms with Crippen LogP contribution in [0.25, 0.3) is 5.69 Å². The average molecular weight is 399 g/mol. The van der Waals surface area contributed by atoms with Gasteiger partial charge in [0.2, 0.25) is 0 Å². The smallest absolute Gasteiger partial charge is 0.255 e. The minimum absolute atomic E-state index is 0.0718. The van der Waals surface area contributed by atoms with Crippen LogP contribution in [-0.4, -0.2) is 32.0 Å². The van der Waals surface area contributed by atoms with Gasteiger partial charge in [0.05, 0.1) is 23.5 Å². The fourth-order valence-electron chi connectivity index (χ4n) is 3.58. The van der Waals surface area contributed by atoms with Crippen LogP contribution in [0.3, 0.4) is 0 Å². The second kappa shape index (κ2) is 8.78. The summed E-state index contributed by atoms with van der Waals surface area (Å²) in [6, 6.07) is 20.2. The molecule has 0 unspecified atom stereocenters. The predicted octanol–water partition coefficient (Wildman–Crippen LogP) is 3.71. The molecule has 4 rings (SSSR count). The summed E-state index contributed by atoms with van der Waals surface area (Å²) in [6.07, 6.45) is 4.44. The van der Waals surface area contributed by atoms with E-state index in [1.807, 2.05) is 65.8 Å². The van der Waals surface area contributed by atoms with Crippen molar-refractivity contribution < 1.29 is 4.79 Å². The van der Waals surface area contributed by atoms with Crippen LogP contribution in [0.4, 0.5) is 0 Å². The number of hydrogen-bond donors (Lipinski definition) is 1. The monoisotopic (exact) mass is 399 g/mol. The Morgan fingerprint density at radius 1 is 0.967 bits per heavy atom. The fourth-order valence-corrected chi connectivity index (χ4v) is 3.58. The molecule has 0 fully saturated rings. The quantitative estimate of drug-likeness (QED) is 0.515. The van der Waals surface area contributed by atoms with E-state index in [-0.39, 0.29) is 5.91 Å². The van der Waals surface area contributed by atoms with Gasteiger partial charge in [-0.1, -0.05) is 42.5 Å².